The van der Waals surface area contributed by atoms with E-state index in [1.807, 2.05) is 0 Å². The quantitative estimate of drug-likeness (QED) is 0.816. The first-order valence-electron chi connectivity index (χ1n) is 6.82. The van der Waals surface area contributed by atoms with Gasteiger partial charge in [0.05, 0.1) is 0 Å². The minimum Gasteiger partial charge on any atom is -0.372 e. The van der Waals surface area contributed by atoms with Crippen LogP contribution in [0, 0.1) is 0 Å². The van der Waals surface area contributed by atoms with Gasteiger partial charge in [-0.15, -0.1) is 0 Å². The number of hydrogen-bond acceptors (Lipinski definition) is 3. The molecule has 4 nitrogen and oxygen atoms in total. The number of anilines is 1. The van der Waals surface area contributed by atoms with Crippen LogP contribution in [0.4, 0.5) is 5.69 Å². The predicted molar refractivity (Wildman–Crippen MR) is 80.1 cm³/mol. The van der Waals surface area contributed by atoms with Crippen molar-refractivity contribution in [1.82, 2.24) is 4.90 Å². The largest absolute Gasteiger partial charge is 0.372 e. The van der Waals surface area contributed by atoms with Gasteiger partial charge in [-0.25, -0.2) is 0 Å². The third-order valence-corrected chi connectivity index (χ3v) is 3.24. The molecule has 0 atom stereocenters. The number of nitrogens with zero attached hydrogens (tertiary/aromatic N) is 2. The van der Waals surface area contributed by atoms with Crippen LogP contribution in [0.3, 0.4) is 0 Å². The molecule has 1 aromatic carbocycles. The maximum absolute atomic E-state index is 11.5. The molecular formula is C15H25N3O. The van der Waals surface area contributed by atoms with Crippen molar-refractivity contribution in [2.45, 2.75) is 26.3 Å². The minimum atomic E-state index is 0.189. The van der Waals surface area contributed by atoms with Gasteiger partial charge >= 0.3 is 0 Å². The van der Waals surface area contributed by atoms with Gasteiger partial charge in [0, 0.05) is 45.8 Å². The molecule has 4 heteroatoms. The maximum Gasteiger partial charge on any atom is 0.222 e. The summed E-state index contributed by atoms with van der Waals surface area (Å²) in [5, 5.41) is 0. The average molecular weight is 263 g/mol. The summed E-state index contributed by atoms with van der Waals surface area (Å²) in [5.41, 5.74) is 7.93. The summed E-state index contributed by atoms with van der Waals surface area (Å²) in [6, 6.07) is 8.31. The molecule has 1 aromatic rings. The molecule has 0 aliphatic rings. The van der Waals surface area contributed by atoms with E-state index in [1.54, 1.807) is 19.0 Å². The second kappa shape index (κ2) is 7.79. The zero-order valence-corrected chi connectivity index (χ0v) is 12.2. The van der Waals surface area contributed by atoms with Crippen molar-refractivity contribution in [2.24, 2.45) is 5.73 Å². The van der Waals surface area contributed by atoms with E-state index in [4.69, 9.17) is 5.73 Å². The lowest BCUT2D eigenvalue weighted by molar-refractivity contribution is -0.128. The Morgan fingerprint density at radius 3 is 2.32 bits per heavy atom. The Morgan fingerprint density at radius 1 is 1.21 bits per heavy atom. The molecule has 1 rings (SSSR count). The molecule has 0 heterocycles. The normalized spacial score (nSPS) is 10.3. The SMILES string of the molecule is CCN(CCCC(=O)N(C)C)c1ccc(CN)cc1. The van der Waals surface area contributed by atoms with Crippen molar-refractivity contribution >= 4 is 11.6 Å². The van der Waals surface area contributed by atoms with Crippen LogP contribution >= 0.6 is 0 Å². The molecule has 0 saturated heterocycles. The minimum absolute atomic E-state index is 0.189. The summed E-state index contributed by atoms with van der Waals surface area (Å²) < 4.78 is 0. The lowest BCUT2D eigenvalue weighted by atomic mass is 10.2. The number of carbonyl (C=O) groups excluding carboxylic acids is 1. The van der Waals surface area contributed by atoms with E-state index in [0.717, 1.165) is 25.1 Å². The van der Waals surface area contributed by atoms with E-state index in [9.17, 15) is 4.79 Å². The topological polar surface area (TPSA) is 49.6 Å². The molecule has 0 spiro atoms. The Labute approximate surface area is 116 Å². The molecule has 0 bridgehead atoms. The van der Waals surface area contributed by atoms with Gasteiger partial charge in [0.1, 0.15) is 0 Å². The van der Waals surface area contributed by atoms with Gasteiger partial charge in [-0.05, 0) is 31.0 Å². The summed E-state index contributed by atoms with van der Waals surface area (Å²) in [5.74, 6) is 0.189. The van der Waals surface area contributed by atoms with Gasteiger partial charge in [0.15, 0.2) is 0 Å². The first-order chi connectivity index (χ1) is 9.08. The highest BCUT2D eigenvalue weighted by Gasteiger charge is 2.07. The standard InChI is InChI=1S/C15H25N3O/c1-4-18(11-5-6-15(19)17(2)3)14-9-7-13(12-16)8-10-14/h7-10H,4-6,11-12,16H2,1-3H3. The van der Waals surface area contributed by atoms with Crippen molar-refractivity contribution in [2.75, 3.05) is 32.1 Å². The molecule has 0 fully saturated rings. The number of amides is 1. The Hall–Kier alpha value is -1.55. The first-order valence-corrected chi connectivity index (χ1v) is 6.82. The van der Waals surface area contributed by atoms with Gasteiger partial charge in [-0.3, -0.25) is 4.79 Å². The summed E-state index contributed by atoms with van der Waals surface area (Å²) in [6.45, 7) is 4.55. The number of hydrogen-bond donors (Lipinski definition) is 1. The van der Waals surface area contributed by atoms with Gasteiger partial charge in [0.2, 0.25) is 5.91 Å². The van der Waals surface area contributed by atoms with Crippen molar-refractivity contribution in [3.05, 3.63) is 29.8 Å². The van der Waals surface area contributed by atoms with Crippen molar-refractivity contribution in [3.63, 3.8) is 0 Å². The molecule has 0 saturated carbocycles. The van der Waals surface area contributed by atoms with E-state index < -0.39 is 0 Å². The molecule has 0 unspecified atom stereocenters. The molecule has 0 aromatic heterocycles. The number of nitrogens with two attached hydrogens (primary N) is 1. The Morgan fingerprint density at radius 2 is 1.84 bits per heavy atom. The fourth-order valence-corrected chi connectivity index (χ4v) is 1.96. The number of benzene rings is 1. The molecule has 19 heavy (non-hydrogen) atoms. The zero-order valence-electron chi connectivity index (χ0n) is 12.2. The second-order valence-electron chi connectivity index (χ2n) is 4.84. The van der Waals surface area contributed by atoms with E-state index in [0.29, 0.717) is 13.0 Å². The van der Waals surface area contributed by atoms with Crippen LogP contribution in [0.15, 0.2) is 24.3 Å². The molecule has 1 amide bonds. The fraction of sp³-hybridized carbons (Fsp3) is 0.533. The van der Waals surface area contributed by atoms with E-state index in [1.165, 1.54) is 5.69 Å². The Kier molecular flexibility index (Phi) is 6.36. The van der Waals surface area contributed by atoms with Crippen LogP contribution in [-0.2, 0) is 11.3 Å². The lowest BCUT2D eigenvalue weighted by Gasteiger charge is -2.23. The smallest absolute Gasteiger partial charge is 0.222 e. The van der Waals surface area contributed by atoms with Crippen LogP contribution < -0.4 is 10.6 Å². The zero-order chi connectivity index (χ0) is 14.3. The molecular weight excluding hydrogens is 238 g/mol. The van der Waals surface area contributed by atoms with Crippen LogP contribution in [-0.4, -0.2) is 38.0 Å². The molecule has 106 valence electrons. The maximum atomic E-state index is 11.5. The second-order valence-corrected chi connectivity index (χ2v) is 4.84. The number of rotatable bonds is 7. The summed E-state index contributed by atoms with van der Waals surface area (Å²) in [6.07, 6.45) is 1.48. The average Bonchev–Trinajstić information content (AvgIpc) is 2.43. The highest BCUT2D eigenvalue weighted by molar-refractivity contribution is 5.75. The van der Waals surface area contributed by atoms with Crippen LogP contribution in [0.1, 0.15) is 25.3 Å². The van der Waals surface area contributed by atoms with Gasteiger partial charge in [-0.1, -0.05) is 12.1 Å². The molecule has 0 aliphatic heterocycles. The summed E-state index contributed by atoms with van der Waals surface area (Å²) in [7, 11) is 3.59. The van der Waals surface area contributed by atoms with Crippen molar-refractivity contribution < 1.29 is 4.79 Å². The highest BCUT2D eigenvalue weighted by atomic mass is 16.2. The van der Waals surface area contributed by atoms with Crippen LogP contribution in [0.5, 0.6) is 0 Å². The third-order valence-electron chi connectivity index (χ3n) is 3.24. The fourth-order valence-electron chi connectivity index (χ4n) is 1.96. The van der Waals surface area contributed by atoms with Crippen molar-refractivity contribution in [3.8, 4) is 0 Å². The van der Waals surface area contributed by atoms with E-state index >= 15 is 0 Å². The first kappa shape index (κ1) is 15.5. The van der Waals surface area contributed by atoms with Crippen LogP contribution in [0.25, 0.3) is 0 Å². The van der Waals surface area contributed by atoms with Gasteiger partial charge in [-0.2, -0.15) is 0 Å². The third kappa shape index (κ3) is 4.91. The summed E-state index contributed by atoms with van der Waals surface area (Å²) in [4.78, 5) is 15.5. The van der Waals surface area contributed by atoms with Crippen LogP contribution in [0.2, 0.25) is 0 Å². The monoisotopic (exact) mass is 263 g/mol. The van der Waals surface area contributed by atoms with Gasteiger partial charge in [0.25, 0.3) is 0 Å². The Bertz CT molecular complexity index is 387. The van der Waals surface area contributed by atoms with E-state index in [2.05, 4.69) is 36.1 Å². The number of carbonyl (C=O) groups is 1. The highest BCUT2D eigenvalue weighted by Crippen LogP contribution is 2.15. The molecule has 0 radical (unpaired) electrons. The Balaban J connectivity index is 2.50. The predicted octanol–water partition coefficient (Wildman–Crippen LogP) is 1.84. The molecule has 2 N–H and O–H groups in total. The lowest BCUT2D eigenvalue weighted by Crippen LogP contribution is -2.26. The van der Waals surface area contributed by atoms with Crippen molar-refractivity contribution in [1.29, 1.82) is 0 Å². The molecule has 0 aliphatic carbocycles. The van der Waals surface area contributed by atoms with Gasteiger partial charge < -0.3 is 15.5 Å². The van der Waals surface area contributed by atoms with E-state index in [-0.39, 0.29) is 5.91 Å². The summed E-state index contributed by atoms with van der Waals surface area (Å²) >= 11 is 0.